The van der Waals surface area contributed by atoms with Gasteiger partial charge in [0.2, 0.25) is 5.36 Å². The summed E-state index contributed by atoms with van der Waals surface area (Å²) in [7, 11) is 0. The number of rotatable bonds is 14. The third-order valence-corrected chi connectivity index (χ3v) is 8.06. The number of halogens is 1. The maximum absolute atomic E-state index is 13.5. The zero-order chi connectivity index (χ0) is 29.2. The number of aryl methyl sites for hydroxylation is 3. The lowest BCUT2D eigenvalue weighted by molar-refractivity contribution is -0.496. The molecule has 42 heavy (non-hydrogen) atoms. The Labute approximate surface area is 262 Å². The van der Waals surface area contributed by atoms with Crippen LogP contribution in [-0.4, -0.2) is 19.1 Å². The molecule has 0 aromatic heterocycles. The Kier molecular flexibility index (Phi) is 13.3. The van der Waals surface area contributed by atoms with E-state index in [9.17, 15) is 4.79 Å². The fraction of sp³-hybridized carbons (Fsp3) is 0.459. The monoisotopic (exact) mass is 633 g/mol. The van der Waals surface area contributed by atoms with Crippen molar-refractivity contribution in [3.8, 4) is 22.5 Å². The summed E-state index contributed by atoms with van der Waals surface area (Å²) < 4.78 is 12.4. The third kappa shape index (κ3) is 8.12. The molecule has 0 saturated carbocycles. The van der Waals surface area contributed by atoms with Crippen molar-refractivity contribution < 1.29 is 35.9 Å². The van der Waals surface area contributed by atoms with Crippen LogP contribution in [0.5, 0.6) is 0 Å². The molecule has 2 aromatic rings. The zero-order valence-corrected chi connectivity index (χ0v) is 27.8. The van der Waals surface area contributed by atoms with Crippen LogP contribution in [0, 0.1) is 13.8 Å². The summed E-state index contributed by atoms with van der Waals surface area (Å²) >= 11 is 0. The molecule has 0 spiro atoms. The summed E-state index contributed by atoms with van der Waals surface area (Å²) in [6, 6.07) is 16.6. The van der Waals surface area contributed by atoms with Gasteiger partial charge in [-0.2, -0.15) is 0 Å². The second-order valence-electron chi connectivity index (χ2n) is 11.4. The second-order valence-corrected chi connectivity index (χ2v) is 11.4. The molecule has 1 heterocycles. The van der Waals surface area contributed by atoms with Gasteiger partial charge in [0.1, 0.15) is 17.9 Å². The minimum absolute atomic E-state index is 0. The molecule has 0 bridgehead atoms. The molecular formula is C37H48BrNO3. The van der Waals surface area contributed by atoms with E-state index in [0.717, 1.165) is 76.6 Å². The minimum atomic E-state index is -0.258. The molecule has 0 unspecified atom stereocenters. The molecule has 4 rings (SSSR count). The SMILES string of the molecule is CCCCCCCCCCOC(=O)c1ccccc1-c1c2cc(C)c(=[NH+]CC)cc-2oc2cc(CCC)c(C)cc12.[Br-]. The van der Waals surface area contributed by atoms with Gasteiger partial charge in [0.15, 0.2) is 0 Å². The van der Waals surface area contributed by atoms with Crippen LogP contribution in [0.25, 0.3) is 33.4 Å². The van der Waals surface area contributed by atoms with E-state index in [4.69, 9.17) is 9.15 Å². The lowest BCUT2D eigenvalue weighted by atomic mass is 9.88. The molecule has 4 nitrogen and oxygen atoms in total. The van der Waals surface area contributed by atoms with Crippen molar-refractivity contribution in [2.24, 2.45) is 0 Å². The summed E-state index contributed by atoms with van der Waals surface area (Å²) in [4.78, 5) is 16.9. The smallest absolute Gasteiger partial charge is 0.338 e. The molecule has 1 aliphatic heterocycles. The third-order valence-electron chi connectivity index (χ3n) is 8.06. The Morgan fingerprint density at radius 2 is 1.52 bits per heavy atom. The summed E-state index contributed by atoms with van der Waals surface area (Å²) in [5.74, 6) is 0.549. The second kappa shape index (κ2) is 16.6. The molecule has 0 saturated heterocycles. The van der Waals surface area contributed by atoms with Crippen LogP contribution >= 0.6 is 0 Å². The molecule has 2 aromatic carbocycles. The van der Waals surface area contributed by atoms with Gasteiger partial charge < -0.3 is 26.1 Å². The van der Waals surface area contributed by atoms with E-state index in [2.05, 4.69) is 63.9 Å². The number of carbonyl (C=O) groups excluding carboxylic acids is 1. The van der Waals surface area contributed by atoms with Crippen molar-refractivity contribution in [2.75, 3.05) is 13.2 Å². The topological polar surface area (TPSA) is 53.4 Å². The molecule has 5 heteroatoms. The first-order chi connectivity index (χ1) is 20.0. The van der Waals surface area contributed by atoms with E-state index in [1.165, 1.54) is 49.7 Å². The first kappa shape index (κ1) is 33.6. The van der Waals surface area contributed by atoms with Crippen LogP contribution in [-0.2, 0) is 11.2 Å². The quantitative estimate of drug-likeness (QED) is 0.120. The van der Waals surface area contributed by atoms with Crippen LogP contribution in [0.4, 0.5) is 0 Å². The summed E-state index contributed by atoms with van der Waals surface area (Å²) in [6.07, 6.45) is 11.8. The standard InChI is InChI=1S/C37H47NO3.BrH/c1-6-9-10-11-12-13-14-17-21-40-37(39)30-20-16-15-19-29(30)36-31-22-26(4)28(18-7-2)24-34(31)41-35-25-33(38-8-3)27(5)23-32(35)36;/h15-16,19-20,22-25H,6-14,17-18,21H2,1-5H3;1H. The molecule has 0 fully saturated rings. The van der Waals surface area contributed by atoms with Gasteiger partial charge in [-0.25, -0.2) is 9.79 Å². The van der Waals surface area contributed by atoms with Gasteiger partial charge in [0.05, 0.1) is 18.2 Å². The highest BCUT2D eigenvalue weighted by atomic mass is 79.9. The van der Waals surface area contributed by atoms with E-state index in [1.54, 1.807) is 0 Å². The van der Waals surface area contributed by atoms with Crippen molar-refractivity contribution >= 4 is 16.9 Å². The zero-order valence-electron chi connectivity index (χ0n) is 26.2. The molecule has 1 N–H and O–H groups in total. The Hall–Kier alpha value is -2.92. The van der Waals surface area contributed by atoms with Gasteiger partial charge >= 0.3 is 5.97 Å². The molecule has 226 valence electrons. The lowest BCUT2D eigenvalue weighted by Crippen LogP contribution is -3.00. The maximum Gasteiger partial charge on any atom is 0.338 e. The number of fused-ring (bicyclic) bond motifs is 2. The first-order valence-electron chi connectivity index (χ1n) is 15.8. The normalized spacial score (nSPS) is 11.7. The van der Waals surface area contributed by atoms with E-state index in [1.807, 2.05) is 24.3 Å². The van der Waals surface area contributed by atoms with E-state index < -0.39 is 0 Å². The summed E-state index contributed by atoms with van der Waals surface area (Å²) in [5.41, 5.74) is 8.04. The number of nitrogens with one attached hydrogen (secondary N) is 1. The Bertz CT molecular complexity index is 1500. The first-order valence-corrected chi connectivity index (χ1v) is 15.8. The number of hydrogen-bond donors (Lipinski definition) is 1. The van der Waals surface area contributed by atoms with Gasteiger partial charge in [0.25, 0.3) is 0 Å². The predicted molar refractivity (Wildman–Crippen MR) is 169 cm³/mol. The summed E-state index contributed by atoms with van der Waals surface area (Å²) in [5, 5.41) is 2.08. The molecule has 1 aliphatic carbocycles. The van der Waals surface area contributed by atoms with Crippen LogP contribution < -0.4 is 27.3 Å². The van der Waals surface area contributed by atoms with E-state index >= 15 is 0 Å². The lowest BCUT2D eigenvalue weighted by Gasteiger charge is -2.19. The number of esters is 1. The maximum atomic E-state index is 13.5. The van der Waals surface area contributed by atoms with Gasteiger partial charge in [-0.1, -0.05) is 83.4 Å². The van der Waals surface area contributed by atoms with Crippen molar-refractivity contribution in [1.82, 2.24) is 0 Å². The van der Waals surface area contributed by atoms with Crippen LogP contribution in [0.3, 0.4) is 0 Å². The largest absolute Gasteiger partial charge is 1.00 e. The Morgan fingerprint density at radius 1 is 0.810 bits per heavy atom. The highest BCUT2D eigenvalue weighted by Gasteiger charge is 2.24. The van der Waals surface area contributed by atoms with Gasteiger partial charge in [-0.15, -0.1) is 0 Å². The average molecular weight is 635 g/mol. The number of hydrogen-bond acceptors (Lipinski definition) is 3. The fourth-order valence-electron chi connectivity index (χ4n) is 5.81. The Balaban J connectivity index is 0.00000484. The molecule has 2 aliphatic rings. The molecule has 0 amide bonds. The van der Waals surface area contributed by atoms with E-state index in [-0.39, 0.29) is 23.0 Å². The van der Waals surface area contributed by atoms with Gasteiger partial charge in [-0.05, 0) is 74.6 Å². The predicted octanol–water partition coefficient (Wildman–Crippen LogP) is 5.08. The number of carbonyl (C=O) groups is 1. The average Bonchev–Trinajstić information content (AvgIpc) is 2.96. The molecule has 0 atom stereocenters. The number of ether oxygens (including phenoxy) is 1. The number of unbranched alkanes of at least 4 members (excludes halogenated alkanes) is 7. The van der Waals surface area contributed by atoms with Crippen LogP contribution in [0.1, 0.15) is 106 Å². The van der Waals surface area contributed by atoms with E-state index in [0.29, 0.717) is 12.2 Å². The van der Waals surface area contributed by atoms with Gasteiger partial charge in [-0.3, -0.25) is 0 Å². The van der Waals surface area contributed by atoms with Gasteiger partial charge in [0, 0.05) is 22.1 Å². The molecular weight excluding hydrogens is 586 g/mol. The fourth-order valence-corrected chi connectivity index (χ4v) is 5.81. The molecule has 0 radical (unpaired) electrons. The summed E-state index contributed by atoms with van der Waals surface area (Å²) in [6.45, 7) is 12.1. The van der Waals surface area contributed by atoms with Crippen molar-refractivity contribution in [3.05, 3.63) is 76.1 Å². The highest BCUT2D eigenvalue weighted by Crippen LogP contribution is 2.42. The highest BCUT2D eigenvalue weighted by molar-refractivity contribution is 6.08. The van der Waals surface area contributed by atoms with Crippen molar-refractivity contribution in [3.63, 3.8) is 0 Å². The minimum Gasteiger partial charge on any atom is -1.00 e. The van der Waals surface area contributed by atoms with Crippen LogP contribution in [0.2, 0.25) is 0 Å². The van der Waals surface area contributed by atoms with Crippen molar-refractivity contribution in [1.29, 1.82) is 0 Å². The van der Waals surface area contributed by atoms with Crippen molar-refractivity contribution in [2.45, 2.75) is 98.8 Å². The van der Waals surface area contributed by atoms with Crippen LogP contribution in [0.15, 0.2) is 52.9 Å². The number of benzene rings is 3. The Morgan fingerprint density at radius 3 is 2.24 bits per heavy atom.